The van der Waals surface area contributed by atoms with Crippen molar-refractivity contribution in [1.29, 1.82) is 0 Å². The first-order valence-corrected chi connectivity index (χ1v) is 19.5. The Morgan fingerprint density at radius 1 is 0.934 bits per heavy atom. The van der Waals surface area contributed by atoms with E-state index in [4.69, 9.17) is 24.6 Å². The second-order valence-electron chi connectivity index (χ2n) is 14.3. The number of carbonyl (C=O) groups excluding carboxylic acids is 3. The van der Waals surface area contributed by atoms with Crippen molar-refractivity contribution in [2.75, 3.05) is 13.7 Å². The van der Waals surface area contributed by atoms with E-state index in [1.807, 2.05) is 12.2 Å². The van der Waals surface area contributed by atoms with Crippen LogP contribution < -0.4 is 14.8 Å². The van der Waals surface area contributed by atoms with Gasteiger partial charge in [-0.05, 0) is 84.6 Å². The summed E-state index contributed by atoms with van der Waals surface area (Å²) in [7, 11) is 1.38. The molecule has 1 saturated carbocycles. The fraction of sp³-hybridized carbons (Fsp3) is 0.386. The second kappa shape index (κ2) is 24.1. The molecule has 330 valence electrons. The lowest BCUT2D eigenvalue weighted by molar-refractivity contribution is -0.497. The van der Waals surface area contributed by atoms with E-state index in [0.717, 1.165) is 12.1 Å². The molecule has 0 saturated heterocycles. The number of aryl methyl sites for hydroxylation is 1. The van der Waals surface area contributed by atoms with E-state index in [9.17, 15) is 42.9 Å². The zero-order valence-corrected chi connectivity index (χ0v) is 33.4. The van der Waals surface area contributed by atoms with Crippen LogP contribution in [0.25, 0.3) is 6.08 Å². The number of allylic oxidation sites excluding steroid dienone is 2. The summed E-state index contributed by atoms with van der Waals surface area (Å²) in [5.41, 5.74) is 1.62. The number of carbonyl (C=O) groups is 3. The van der Waals surface area contributed by atoms with E-state index in [2.05, 4.69) is 10.2 Å². The van der Waals surface area contributed by atoms with Crippen LogP contribution in [0.4, 0.5) is 13.2 Å². The van der Waals surface area contributed by atoms with E-state index >= 15 is 0 Å². The van der Waals surface area contributed by atoms with Crippen molar-refractivity contribution in [2.24, 2.45) is 11.8 Å². The molecule has 0 radical (unpaired) electrons. The topological polar surface area (TPSA) is 205 Å². The van der Waals surface area contributed by atoms with Gasteiger partial charge in [0.2, 0.25) is 5.91 Å². The second-order valence-corrected chi connectivity index (χ2v) is 14.3. The number of aliphatic hydroxyl groups is 3. The molecule has 0 spiro atoms. The van der Waals surface area contributed by atoms with Gasteiger partial charge in [0, 0.05) is 24.8 Å². The first kappa shape index (κ1) is 48.3. The Balaban J connectivity index is 1.13. The smallest absolute Gasteiger partial charge is 0.416 e. The summed E-state index contributed by atoms with van der Waals surface area (Å²) in [6, 6.07) is 16.3. The van der Waals surface area contributed by atoms with Crippen LogP contribution in [0.1, 0.15) is 66.3 Å². The molecule has 0 aromatic heterocycles. The van der Waals surface area contributed by atoms with E-state index in [-0.39, 0.29) is 74.2 Å². The van der Waals surface area contributed by atoms with Gasteiger partial charge in [0.05, 0.1) is 43.0 Å². The molecule has 1 fully saturated rings. The highest BCUT2D eigenvalue weighted by Crippen LogP contribution is 2.37. The Labute approximate surface area is 351 Å². The number of nitrogens with one attached hydrogen (secondary N) is 1. The van der Waals surface area contributed by atoms with Crippen LogP contribution in [0.3, 0.4) is 0 Å². The minimum atomic E-state index is -4.45. The number of amides is 1. The number of rotatable bonds is 22. The summed E-state index contributed by atoms with van der Waals surface area (Å²) < 4.78 is 55.0. The zero-order valence-electron chi connectivity index (χ0n) is 33.4. The van der Waals surface area contributed by atoms with Crippen molar-refractivity contribution in [3.63, 3.8) is 0 Å². The SMILES string of the molecule is COc1cc(/C=C/C(=O)OCc2ccc(CON(O)O)cc2)ccc1OC(=O)CNC(=O)CCC/C=C\C[C@@H]1[C@@H](/C=C/[C@@H](O)CCc2cccc(C(F)(F)F)c2)[C@H](O)C[C@@H]1O. The highest BCUT2D eigenvalue weighted by Gasteiger charge is 2.39. The van der Waals surface area contributed by atoms with Crippen molar-refractivity contribution < 1.29 is 72.3 Å². The standard InChI is InChI=1S/C44H51F3N2O12/c1-58-40-24-30(17-22-42(54)59-27-31-11-13-32(14-12-31)28-60-49(56)57)16-21-39(40)61-43(55)26-48-41(53)10-5-3-2-4-9-35-36(38(52)25-37(35)51)20-19-34(50)18-15-29-7-6-8-33(23-29)44(45,46)47/h2,4,6-8,11-14,16-17,19-24,34-38,50-52,56-57H,3,5,9-10,15,18,25-28H2,1H3,(H,48,53)/b4-2-,20-19+,22-17+/t34-,35+,36+,37-,38+/m0/s1. The molecule has 0 unspecified atom stereocenters. The lowest BCUT2D eigenvalue weighted by Gasteiger charge is -2.19. The number of aliphatic hydroxyl groups excluding tert-OH is 3. The number of unbranched alkanes of at least 4 members (excludes halogenated alkanes) is 1. The molecular weight excluding hydrogens is 805 g/mol. The Kier molecular flexibility index (Phi) is 19.1. The van der Waals surface area contributed by atoms with Crippen LogP contribution in [0.15, 0.2) is 97.1 Å². The van der Waals surface area contributed by atoms with Gasteiger partial charge >= 0.3 is 18.1 Å². The van der Waals surface area contributed by atoms with Crippen molar-refractivity contribution in [1.82, 2.24) is 10.7 Å². The molecule has 4 rings (SSSR count). The molecule has 5 atom stereocenters. The molecular formula is C44H51F3N2O12. The van der Waals surface area contributed by atoms with Crippen LogP contribution in [-0.4, -0.2) is 80.9 Å². The number of halogens is 3. The maximum atomic E-state index is 13.0. The molecule has 1 aliphatic carbocycles. The third kappa shape index (κ3) is 16.9. The van der Waals surface area contributed by atoms with Crippen molar-refractivity contribution in [2.45, 2.75) is 82.6 Å². The number of nitrogens with zero attached hydrogens (tertiary/aromatic N) is 1. The summed E-state index contributed by atoms with van der Waals surface area (Å²) >= 11 is 0. The molecule has 1 amide bonds. The lowest BCUT2D eigenvalue weighted by atomic mass is 9.89. The Hall–Kier alpha value is -5.40. The highest BCUT2D eigenvalue weighted by molar-refractivity contribution is 5.87. The van der Waals surface area contributed by atoms with Gasteiger partial charge < -0.3 is 34.8 Å². The van der Waals surface area contributed by atoms with E-state index in [0.29, 0.717) is 41.5 Å². The Bertz CT molecular complexity index is 1970. The summed E-state index contributed by atoms with van der Waals surface area (Å²) in [6.07, 6.45) is 4.79. The van der Waals surface area contributed by atoms with Gasteiger partial charge in [-0.2, -0.15) is 13.2 Å². The molecule has 0 bridgehead atoms. The van der Waals surface area contributed by atoms with Crippen LogP contribution in [0, 0.1) is 11.8 Å². The van der Waals surface area contributed by atoms with Crippen molar-refractivity contribution >= 4 is 23.9 Å². The molecule has 3 aromatic rings. The van der Waals surface area contributed by atoms with Gasteiger partial charge in [0.25, 0.3) is 0 Å². The van der Waals surface area contributed by atoms with Gasteiger partial charge in [0.15, 0.2) is 11.5 Å². The van der Waals surface area contributed by atoms with Crippen LogP contribution in [0.5, 0.6) is 11.5 Å². The maximum Gasteiger partial charge on any atom is 0.416 e. The number of hydrogen-bond donors (Lipinski definition) is 6. The molecule has 61 heavy (non-hydrogen) atoms. The summed E-state index contributed by atoms with van der Waals surface area (Å²) in [4.78, 5) is 41.7. The van der Waals surface area contributed by atoms with Crippen LogP contribution in [0.2, 0.25) is 0 Å². The van der Waals surface area contributed by atoms with E-state index < -0.39 is 47.9 Å². The molecule has 1 aliphatic rings. The highest BCUT2D eigenvalue weighted by atomic mass is 19.4. The van der Waals surface area contributed by atoms with Gasteiger partial charge in [-0.15, -0.1) is 0 Å². The molecule has 3 aromatic carbocycles. The number of ether oxygens (including phenoxy) is 3. The largest absolute Gasteiger partial charge is 0.493 e. The third-order valence-corrected chi connectivity index (χ3v) is 9.81. The molecule has 0 heterocycles. The quantitative estimate of drug-likeness (QED) is 0.0171. The normalized spacial score (nSPS) is 18.6. The third-order valence-electron chi connectivity index (χ3n) is 9.81. The minimum absolute atomic E-state index is 0.000705. The summed E-state index contributed by atoms with van der Waals surface area (Å²) in [5, 5.41) is 50.9. The first-order valence-electron chi connectivity index (χ1n) is 19.5. The number of hydrogen-bond acceptors (Lipinski definition) is 13. The number of methoxy groups -OCH3 is 1. The van der Waals surface area contributed by atoms with Gasteiger partial charge in [0.1, 0.15) is 13.2 Å². The fourth-order valence-corrected chi connectivity index (χ4v) is 6.55. The van der Waals surface area contributed by atoms with Crippen molar-refractivity contribution in [3.8, 4) is 11.5 Å². The van der Waals surface area contributed by atoms with Gasteiger partial charge in [-0.3, -0.25) is 15.2 Å². The van der Waals surface area contributed by atoms with Crippen molar-refractivity contribution in [3.05, 3.63) is 125 Å². The first-order chi connectivity index (χ1) is 29.1. The monoisotopic (exact) mass is 856 g/mol. The summed E-state index contributed by atoms with van der Waals surface area (Å²) in [6.45, 7) is -0.455. The average molecular weight is 857 g/mol. The molecule has 6 N–H and O–H groups in total. The predicted molar refractivity (Wildman–Crippen MR) is 213 cm³/mol. The fourth-order valence-electron chi connectivity index (χ4n) is 6.55. The minimum Gasteiger partial charge on any atom is -0.493 e. The average Bonchev–Trinajstić information content (AvgIpc) is 3.51. The number of alkyl halides is 3. The molecule has 0 aliphatic heterocycles. The van der Waals surface area contributed by atoms with E-state index in [1.165, 1.54) is 37.5 Å². The van der Waals surface area contributed by atoms with E-state index in [1.54, 1.807) is 48.5 Å². The van der Waals surface area contributed by atoms with Gasteiger partial charge in [-0.1, -0.05) is 72.8 Å². The predicted octanol–water partition coefficient (Wildman–Crippen LogP) is 6.03. The molecule has 17 heteroatoms. The lowest BCUT2D eigenvalue weighted by Crippen LogP contribution is -2.31. The van der Waals surface area contributed by atoms with Crippen LogP contribution in [-0.2, 0) is 49.8 Å². The number of benzene rings is 3. The molecule has 14 nitrogen and oxygen atoms in total. The number of esters is 2. The van der Waals surface area contributed by atoms with Gasteiger partial charge in [-0.25, -0.2) is 14.4 Å². The zero-order chi connectivity index (χ0) is 44.4. The Morgan fingerprint density at radius 2 is 1.67 bits per heavy atom. The maximum absolute atomic E-state index is 13.0. The Morgan fingerprint density at radius 3 is 2.38 bits per heavy atom. The summed E-state index contributed by atoms with van der Waals surface area (Å²) in [5.74, 6) is -2.13. The van der Waals surface area contributed by atoms with Crippen LogP contribution >= 0.6 is 0 Å².